The molecule has 4 N–H and O–H groups in total. The minimum absolute atomic E-state index is 0.231. The van der Waals surface area contributed by atoms with Crippen LogP contribution in [0.5, 0.6) is 0 Å². The molecule has 0 saturated carbocycles. The minimum Gasteiger partial charge on any atom is -0.450 e. The Labute approximate surface area is 102 Å². The van der Waals surface area contributed by atoms with E-state index in [1.54, 1.807) is 6.92 Å². The molecule has 0 radical (unpaired) electrons. The predicted molar refractivity (Wildman–Crippen MR) is 62.0 cm³/mol. The van der Waals surface area contributed by atoms with Crippen molar-refractivity contribution in [1.29, 1.82) is 0 Å². The maximum absolute atomic E-state index is 9.38. The molecule has 0 aromatic heterocycles. The number of carbonyl (C=O) groups is 1. The topological polar surface area (TPSA) is 116 Å². The SMILES string of the molecule is CCOC(=O)O.CCOCC.OCC(O)CO. The van der Waals surface area contributed by atoms with Crippen molar-refractivity contribution in [3.63, 3.8) is 0 Å². The lowest BCUT2D eigenvalue weighted by atomic mass is 10.4. The monoisotopic (exact) mass is 256 g/mol. The van der Waals surface area contributed by atoms with Gasteiger partial charge < -0.3 is 29.9 Å². The normalized spacial score (nSPS) is 8.65. The van der Waals surface area contributed by atoms with Gasteiger partial charge in [0.25, 0.3) is 0 Å². The van der Waals surface area contributed by atoms with E-state index in [-0.39, 0.29) is 19.8 Å². The van der Waals surface area contributed by atoms with E-state index in [1.165, 1.54) is 0 Å². The quantitative estimate of drug-likeness (QED) is 0.514. The van der Waals surface area contributed by atoms with Crippen LogP contribution in [0.15, 0.2) is 0 Å². The number of hydrogen-bond acceptors (Lipinski definition) is 6. The maximum atomic E-state index is 9.38. The van der Waals surface area contributed by atoms with Gasteiger partial charge in [-0.25, -0.2) is 4.79 Å². The highest BCUT2D eigenvalue weighted by molar-refractivity contribution is 5.56. The lowest BCUT2D eigenvalue weighted by molar-refractivity contribution is 0.0450. The van der Waals surface area contributed by atoms with Crippen molar-refractivity contribution in [2.75, 3.05) is 33.0 Å². The van der Waals surface area contributed by atoms with Crippen molar-refractivity contribution >= 4 is 6.16 Å². The zero-order valence-electron chi connectivity index (χ0n) is 10.6. The summed E-state index contributed by atoms with van der Waals surface area (Å²) in [4.78, 5) is 9.38. The molecule has 0 aliphatic rings. The van der Waals surface area contributed by atoms with Crippen LogP contribution >= 0.6 is 0 Å². The van der Waals surface area contributed by atoms with Gasteiger partial charge in [-0.05, 0) is 20.8 Å². The van der Waals surface area contributed by atoms with Gasteiger partial charge >= 0.3 is 6.16 Å². The fraction of sp³-hybridized carbons (Fsp3) is 0.900. The number of carboxylic acid groups (broad SMARTS) is 1. The van der Waals surface area contributed by atoms with Crippen molar-refractivity contribution in [2.24, 2.45) is 0 Å². The highest BCUT2D eigenvalue weighted by atomic mass is 16.7. The third-order valence-electron chi connectivity index (χ3n) is 1.10. The van der Waals surface area contributed by atoms with Crippen LogP contribution in [0, 0.1) is 0 Å². The van der Waals surface area contributed by atoms with E-state index in [0.29, 0.717) is 0 Å². The van der Waals surface area contributed by atoms with Crippen LogP contribution in [0.1, 0.15) is 20.8 Å². The Kier molecular flexibility index (Phi) is 25.8. The van der Waals surface area contributed by atoms with Crippen LogP contribution in [-0.2, 0) is 9.47 Å². The molecule has 106 valence electrons. The average Bonchev–Trinajstić information content (AvgIpc) is 2.30. The minimum atomic E-state index is -1.21. The zero-order chi connectivity index (χ0) is 14.1. The highest BCUT2D eigenvalue weighted by Gasteiger charge is 1.93. The second-order valence-electron chi connectivity index (χ2n) is 2.50. The first-order valence-electron chi connectivity index (χ1n) is 5.33. The van der Waals surface area contributed by atoms with Crippen molar-refractivity contribution < 1.29 is 34.7 Å². The van der Waals surface area contributed by atoms with Crippen molar-refractivity contribution in [2.45, 2.75) is 26.9 Å². The molecule has 0 unspecified atom stereocenters. The molecule has 0 amide bonds. The van der Waals surface area contributed by atoms with Gasteiger partial charge in [0, 0.05) is 13.2 Å². The number of aliphatic hydroxyl groups is 3. The van der Waals surface area contributed by atoms with Gasteiger partial charge in [-0.2, -0.15) is 0 Å². The summed E-state index contributed by atoms with van der Waals surface area (Å²) in [5.74, 6) is 0. The molecule has 0 saturated heterocycles. The summed E-state index contributed by atoms with van der Waals surface area (Å²) < 4.78 is 8.79. The van der Waals surface area contributed by atoms with Crippen LogP contribution in [0.4, 0.5) is 4.79 Å². The molecule has 17 heavy (non-hydrogen) atoms. The second kappa shape index (κ2) is 20.5. The molecule has 7 nitrogen and oxygen atoms in total. The Bertz CT molecular complexity index is 135. The summed E-state index contributed by atoms with van der Waals surface area (Å²) in [6.07, 6.45) is -2.16. The van der Waals surface area contributed by atoms with E-state index in [1.807, 2.05) is 13.8 Å². The molecule has 0 fully saturated rings. The Morgan fingerprint density at radius 2 is 1.47 bits per heavy atom. The molecular weight excluding hydrogens is 232 g/mol. The fourth-order valence-electron chi connectivity index (χ4n) is 0.385. The van der Waals surface area contributed by atoms with E-state index in [0.717, 1.165) is 13.2 Å². The fourth-order valence-corrected chi connectivity index (χ4v) is 0.385. The molecular formula is C10H24O7. The molecule has 0 aromatic rings. The van der Waals surface area contributed by atoms with E-state index in [9.17, 15) is 4.79 Å². The van der Waals surface area contributed by atoms with E-state index in [2.05, 4.69) is 4.74 Å². The van der Waals surface area contributed by atoms with Gasteiger partial charge in [0.05, 0.1) is 19.8 Å². The Morgan fingerprint density at radius 3 is 1.47 bits per heavy atom. The van der Waals surface area contributed by atoms with Crippen LogP contribution in [0.25, 0.3) is 0 Å². The summed E-state index contributed by atoms with van der Waals surface area (Å²) in [5.41, 5.74) is 0. The first-order chi connectivity index (χ1) is 7.99. The third kappa shape index (κ3) is 39.5. The van der Waals surface area contributed by atoms with Gasteiger partial charge in [0.1, 0.15) is 6.10 Å². The molecule has 0 spiro atoms. The maximum Gasteiger partial charge on any atom is 0.505 e. The lowest BCUT2D eigenvalue weighted by Gasteiger charge is -1.96. The van der Waals surface area contributed by atoms with Crippen LogP contribution in [-0.4, -0.2) is 65.7 Å². The molecule has 0 heterocycles. The summed E-state index contributed by atoms with van der Waals surface area (Å²) in [6.45, 7) is 6.79. The van der Waals surface area contributed by atoms with Gasteiger partial charge in [0.2, 0.25) is 0 Å². The van der Waals surface area contributed by atoms with Gasteiger partial charge in [-0.3, -0.25) is 0 Å². The molecule has 7 heteroatoms. The Hall–Kier alpha value is -0.890. The Morgan fingerprint density at radius 1 is 1.06 bits per heavy atom. The summed E-state index contributed by atoms with van der Waals surface area (Å²) in [7, 11) is 0. The smallest absolute Gasteiger partial charge is 0.450 e. The van der Waals surface area contributed by atoms with Gasteiger partial charge in [-0.1, -0.05) is 0 Å². The predicted octanol–water partition coefficient (Wildman–Crippen LogP) is 0.0756. The average molecular weight is 256 g/mol. The molecule has 0 atom stereocenters. The standard InChI is InChI=1S/C4H10O.C3H8O3.C3H6O3/c1-3-5-4-2;4-1-3(6)2-5;1-2-6-3(4)5/h3-4H2,1-2H3;3-6H,1-2H2;2H2,1H3,(H,4,5). The van der Waals surface area contributed by atoms with Crippen molar-refractivity contribution in [3.05, 3.63) is 0 Å². The molecule has 0 aliphatic carbocycles. The summed E-state index contributed by atoms with van der Waals surface area (Å²) >= 11 is 0. The van der Waals surface area contributed by atoms with Gasteiger partial charge in [-0.15, -0.1) is 0 Å². The number of ether oxygens (including phenoxy) is 2. The van der Waals surface area contributed by atoms with E-state index >= 15 is 0 Å². The number of hydrogen-bond donors (Lipinski definition) is 4. The lowest BCUT2D eigenvalue weighted by Crippen LogP contribution is -2.15. The number of aliphatic hydroxyl groups excluding tert-OH is 3. The summed E-state index contributed by atoms with van der Waals surface area (Å²) in [5, 5.41) is 31.7. The first-order valence-corrected chi connectivity index (χ1v) is 5.33. The summed E-state index contributed by atoms with van der Waals surface area (Å²) in [6, 6.07) is 0. The van der Waals surface area contributed by atoms with Crippen molar-refractivity contribution in [1.82, 2.24) is 0 Å². The highest BCUT2D eigenvalue weighted by Crippen LogP contribution is 1.71. The van der Waals surface area contributed by atoms with Crippen LogP contribution < -0.4 is 0 Å². The third-order valence-corrected chi connectivity index (χ3v) is 1.10. The zero-order valence-corrected chi connectivity index (χ0v) is 10.6. The largest absolute Gasteiger partial charge is 0.505 e. The molecule has 0 aromatic carbocycles. The van der Waals surface area contributed by atoms with E-state index < -0.39 is 12.3 Å². The second-order valence-corrected chi connectivity index (χ2v) is 2.50. The van der Waals surface area contributed by atoms with Crippen LogP contribution in [0.3, 0.4) is 0 Å². The van der Waals surface area contributed by atoms with Crippen molar-refractivity contribution in [3.8, 4) is 0 Å². The van der Waals surface area contributed by atoms with E-state index in [4.69, 9.17) is 25.2 Å². The Balaban J connectivity index is -0.000000174. The molecule has 0 rings (SSSR count). The van der Waals surface area contributed by atoms with Crippen LogP contribution in [0.2, 0.25) is 0 Å². The van der Waals surface area contributed by atoms with Gasteiger partial charge in [0.15, 0.2) is 0 Å². The molecule has 0 bridgehead atoms. The number of rotatable bonds is 5. The first kappa shape index (κ1) is 21.4. The molecule has 0 aliphatic heterocycles.